The first-order valence-electron chi connectivity index (χ1n) is 17.2. The number of hydrogen-bond donors (Lipinski definition) is 5. The van der Waals surface area contributed by atoms with E-state index in [2.05, 4.69) is 46.0 Å². The van der Waals surface area contributed by atoms with Gasteiger partial charge in [0.1, 0.15) is 6.04 Å². The van der Waals surface area contributed by atoms with Gasteiger partial charge in [0.15, 0.2) is 5.96 Å². The number of aliphatic hydroxyl groups excluding tert-OH is 1. The van der Waals surface area contributed by atoms with E-state index in [0.29, 0.717) is 36.8 Å². The Morgan fingerprint density at radius 3 is 2.50 bits per heavy atom. The van der Waals surface area contributed by atoms with Crippen LogP contribution in [-0.4, -0.2) is 42.3 Å². The van der Waals surface area contributed by atoms with Gasteiger partial charge in [-0.2, -0.15) is 0 Å². The summed E-state index contributed by atoms with van der Waals surface area (Å²) in [5.74, 6) is 5.00. The summed E-state index contributed by atoms with van der Waals surface area (Å²) in [6.45, 7) is 15.2. The summed E-state index contributed by atoms with van der Waals surface area (Å²) < 4.78 is 4.73. The van der Waals surface area contributed by atoms with Crippen LogP contribution in [0.4, 0.5) is 0 Å². The van der Waals surface area contributed by atoms with Gasteiger partial charge in [0, 0.05) is 6.54 Å². The molecule has 4 aliphatic carbocycles. The minimum absolute atomic E-state index is 0.0743. The van der Waals surface area contributed by atoms with Gasteiger partial charge in [-0.25, -0.2) is 0 Å². The third kappa shape index (κ3) is 8.31. The largest absolute Gasteiger partial charge is 0.465 e. The maximum absolute atomic E-state index is 11.0. The SMILES string of the molecule is CC(C)CCCC(C)[C@H]1CC[C@H]2[C@@H]3CC=C4C[C@@H](O)CC[C@]4(C)[C@H]3CC[C@]12C.CCOC(=O)C(N)CCCNC(=N)N. The smallest absolute Gasteiger partial charge is 0.322 e. The average Bonchev–Trinajstić information content (AvgIpc) is 3.29. The fraction of sp³-hybridized carbons (Fsp3) is 0.886. The van der Waals surface area contributed by atoms with Crippen LogP contribution in [0.2, 0.25) is 0 Å². The van der Waals surface area contributed by atoms with Crippen molar-refractivity contribution in [2.75, 3.05) is 13.2 Å². The average molecular weight is 589 g/mol. The molecule has 7 nitrogen and oxygen atoms in total. The van der Waals surface area contributed by atoms with Crippen molar-refractivity contribution in [3.63, 3.8) is 0 Å². The monoisotopic (exact) mass is 588 g/mol. The molecular weight excluding hydrogens is 524 g/mol. The molecule has 7 N–H and O–H groups in total. The number of allylic oxidation sites excluding steroid dienone is 1. The molecule has 0 heterocycles. The maximum atomic E-state index is 11.0. The van der Waals surface area contributed by atoms with Crippen molar-refractivity contribution >= 4 is 11.9 Å². The number of carbonyl (C=O) groups is 1. The zero-order chi connectivity index (χ0) is 31.1. The lowest BCUT2D eigenvalue weighted by Gasteiger charge is -2.58. The lowest BCUT2D eigenvalue weighted by atomic mass is 9.47. The normalized spacial score (nSPS) is 35.0. The fourth-order valence-corrected chi connectivity index (χ4v) is 9.58. The number of nitrogens with two attached hydrogens (primary N) is 2. The predicted octanol–water partition coefficient (Wildman–Crippen LogP) is 6.53. The van der Waals surface area contributed by atoms with Crippen LogP contribution in [0.1, 0.15) is 125 Å². The Morgan fingerprint density at radius 1 is 1.10 bits per heavy atom. The van der Waals surface area contributed by atoms with Crippen molar-refractivity contribution in [3.05, 3.63) is 11.6 Å². The second kappa shape index (κ2) is 15.4. The van der Waals surface area contributed by atoms with E-state index >= 15 is 0 Å². The van der Waals surface area contributed by atoms with E-state index in [0.717, 1.165) is 48.3 Å². The minimum Gasteiger partial charge on any atom is -0.465 e. The van der Waals surface area contributed by atoms with Gasteiger partial charge >= 0.3 is 5.97 Å². The van der Waals surface area contributed by atoms with Gasteiger partial charge in [-0.1, -0.05) is 65.5 Å². The van der Waals surface area contributed by atoms with Crippen LogP contribution >= 0.6 is 0 Å². The number of esters is 1. The lowest BCUT2D eigenvalue weighted by molar-refractivity contribution is -0.144. The van der Waals surface area contributed by atoms with Gasteiger partial charge in [0.05, 0.1) is 12.7 Å². The van der Waals surface area contributed by atoms with Gasteiger partial charge in [0.2, 0.25) is 0 Å². The number of aliphatic hydroxyl groups is 1. The summed E-state index contributed by atoms with van der Waals surface area (Å²) >= 11 is 0. The van der Waals surface area contributed by atoms with Crippen molar-refractivity contribution in [2.45, 2.75) is 137 Å². The number of nitrogens with one attached hydrogen (secondary N) is 2. The molecule has 0 aliphatic heterocycles. The number of fused-ring (bicyclic) bond motifs is 5. The molecule has 0 spiro atoms. The minimum atomic E-state index is -0.580. The summed E-state index contributed by atoms with van der Waals surface area (Å²) in [4.78, 5) is 11.0. The first kappa shape index (κ1) is 34.9. The van der Waals surface area contributed by atoms with Gasteiger partial charge < -0.3 is 26.6 Å². The second-order valence-electron chi connectivity index (χ2n) is 15.0. The topological polar surface area (TPSA) is 134 Å². The molecule has 0 saturated heterocycles. The lowest BCUT2D eigenvalue weighted by Crippen LogP contribution is -2.50. The highest BCUT2D eigenvalue weighted by molar-refractivity contribution is 5.75. The zero-order valence-corrected chi connectivity index (χ0v) is 27.7. The molecule has 0 aromatic heterocycles. The molecule has 4 rings (SSSR count). The fourth-order valence-electron chi connectivity index (χ4n) is 9.58. The van der Waals surface area contributed by atoms with E-state index < -0.39 is 6.04 Å². The van der Waals surface area contributed by atoms with E-state index in [9.17, 15) is 9.90 Å². The van der Waals surface area contributed by atoms with Crippen LogP contribution in [0.5, 0.6) is 0 Å². The maximum Gasteiger partial charge on any atom is 0.322 e. The van der Waals surface area contributed by atoms with E-state index in [1.54, 1.807) is 12.5 Å². The highest BCUT2D eigenvalue weighted by Crippen LogP contribution is 2.67. The van der Waals surface area contributed by atoms with Crippen LogP contribution in [0, 0.1) is 51.7 Å². The van der Waals surface area contributed by atoms with Crippen molar-refractivity contribution in [3.8, 4) is 0 Å². The summed E-state index contributed by atoms with van der Waals surface area (Å²) in [7, 11) is 0. The molecule has 0 amide bonds. The highest BCUT2D eigenvalue weighted by Gasteiger charge is 2.59. The molecule has 0 radical (unpaired) electrons. The van der Waals surface area contributed by atoms with Crippen molar-refractivity contribution in [2.24, 2.45) is 57.8 Å². The Kier molecular flexibility index (Phi) is 12.8. The number of hydrogen-bond acceptors (Lipinski definition) is 5. The third-order valence-corrected chi connectivity index (χ3v) is 11.9. The molecule has 242 valence electrons. The number of ether oxygens (including phenoxy) is 1. The molecule has 3 fully saturated rings. The second-order valence-corrected chi connectivity index (χ2v) is 15.0. The zero-order valence-electron chi connectivity index (χ0n) is 27.7. The standard InChI is InChI=1S/C27H46O.C8H18N4O2/c1-18(2)7-6-8-19(3)23-11-12-24-22-10-9-20-17-21(28)13-15-26(20,4)25(22)14-16-27(23,24)5;1-2-14-7(13)6(9)4-3-5-12-8(10)11/h9,18-19,21-25,28H,6-8,10-17H2,1-5H3;6H,2-5,9H2,1H3,(H4,10,11,12)/t19?,21-,22-,23+,24-,25-,26-,27+;/m0./s1. The van der Waals surface area contributed by atoms with Crippen LogP contribution < -0.4 is 16.8 Å². The first-order valence-corrected chi connectivity index (χ1v) is 17.2. The van der Waals surface area contributed by atoms with E-state index in [1.165, 1.54) is 57.8 Å². The van der Waals surface area contributed by atoms with Crippen LogP contribution in [0.25, 0.3) is 0 Å². The van der Waals surface area contributed by atoms with E-state index in [4.69, 9.17) is 21.6 Å². The van der Waals surface area contributed by atoms with Gasteiger partial charge in [-0.15, -0.1) is 0 Å². The van der Waals surface area contributed by atoms with Gasteiger partial charge in [0.25, 0.3) is 0 Å². The molecule has 7 heteroatoms. The number of carbonyl (C=O) groups excluding carboxylic acids is 1. The summed E-state index contributed by atoms with van der Waals surface area (Å²) in [5, 5.41) is 19.7. The number of guanidine groups is 1. The Labute approximate surface area is 256 Å². The summed E-state index contributed by atoms with van der Waals surface area (Å²) in [6.07, 6.45) is 18.4. The molecule has 42 heavy (non-hydrogen) atoms. The van der Waals surface area contributed by atoms with Crippen LogP contribution in [0.15, 0.2) is 11.6 Å². The van der Waals surface area contributed by atoms with Crippen molar-refractivity contribution in [1.29, 1.82) is 5.41 Å². The predicted molar refractivity (Wildman–Crippen MR) is 173 cm³/mol. The van der Waals surface area contributed by atoms with Crippen LogP contribution in [0.3, 0.4) is 0 Å². The molecule has 9 atom stereocenters. The quantitative estimate of drug-likeness (QED) is 0.0612. The first-order chi connectivity index (χ1) is 19.8. The molecule has 0 bridgehead atoms. The Balaban J connectivity index is 0.000000295. The molecule has 4 aliphatic rings. The molecule has 0 aromatic carbocycles. The molecular formula is C35H64N4O3. The highest BCUT2D eigenvalue weighted by atomic mass is 16.5. The molecule has 0 aromatic rings. The molecule has 3 saturated carbocycles. The Hall–Kier alpha value is -1.60. The summed E-state index contributed by atoms with van der Waals surface area (Å²) in [5.41, 5.74) is 13.2. The van der Waals surface area contributed by atoms with Crippen molar-refractivity contribution in [1.82, 2.24) is 5.32 Å². The van der Waals surface area contributed by atoms with E-state index in [-0.39, 0.29) is 18.0 Å². The Morgan fingerprint density at radius 2 is 1.83 bits per heavy atom. The van der Waals surface area contributed by atoms with Gasteiger partial charge in [-0.05, 0) is 117 Å². The van der Waals surface area contributed by atoms with Crippen LogP contribution in [-0.2, 0) is 9.53 Å². The molecule has 2 unspecified atom stereocenters. The van der Waals surface area contributed by atoms with Crippen molar-refractivity contribution < 1.29 is 14.6 Å². The third-order valence-electron chi connectivity index (χ3n) is 11.9. The number of rotatable bonds is 11. The summed E-state index contributed by atoms with van der Waals surface area (Å²) in [6, 6.07) is -0.580. The van der Waals surface area contributed by atoms with E-state index in [1.807, 2.05) is 0 Å². The Bertz CT molecular complexity index is 922. The van der Waals surface area contributed by atoms with Gasteiger partial charge in [-0.3, -0.25) is 10.2 Å².